The molecule has 3 rings (SSSR count). The van der Waals surface area contributed by atoms with Gasteiger partial charge >= 0.3 is 0 Å². The van der Waals surface area contributed by atoms with Crippen LogP contribution in [0.25, 0.3) is 0 Å². The summed E-state index contributed by atoms with van der Waals surface area (Å²) in [5.74, 6) is -0.654. The first-order valence-electron chi connectivity index (χ1n) is 5.98. The maximum absolute atomic E-state index is 12.5. The van der Waals surface area contributed by atoms with Gasteiger partial charge in [0.1, 0.15) is 0 Å². The first-order chi connectivity index (χ1) is 9.58. The first kappa shape index (κ1) is 13.2. The van der Waals surface area contributed by atoms with Gasteiger partial charge in [0.2, 0.25) is 5.91 Å². The van der Waals surface area contributed by atoms with Crippen molar-refractivity contribution in [2.24, 2.45) is 0 Å². The van der Waals surface area contributed by atoms with Crippen LogP contribution < -0.4 is 4.90 Å². The molecule has 100 valence electrons. The molecule has 1 heterocycles. The molecule has 0 N–H and O–H groups in total. The molecule has 1 aliphatic heterocycles. The largest absolute Gasteiger partial charge is 0.274 e. The Morgan fingerprint density at radius 3 is 2.50 bits per heavy atom. The number of carbonyl (C=O) groups excluding carboxylic acids is 2. The standard InChI is InChI=1S/C15H9Cl2NO2/c16-10-5-6-13(12(17)8-10)18-14(19)7-9-3-1-2-4-11(9)15(18)20/h1-6,8H,7H2. The normalized spacial score (nSPS) is 14.4. The first-order valence-corrected chi connectivity index (χ1v) is 6.74. The molecule has 3 nitrogen and oxygen atoms in total. The van der Waals surface area contributed by atoms with E-state index in [0.717, 1.165) is 10.5 Å². The molecule has 0 aliphatic carbocycles. The fraction of sp³-hybridized carbons (Fsp3) is 0.0667. The molecule has 2 amide bonds. The lowest BCUT2D eigenvalue weighted by atomic mass is 9.98. The Morgan fingerprint density at radius 1 is 1.00 bits per heavy atom. The maximum Gasteiger partial charge on any atom is 0.265 e. The summed E-state index contributed by atoms with van der Waals surface area (Å²) in [4.78, 5) is 25.8. The Labute approximate surface area is 125 Å². The molecule has 0 spiro atoms. The third kappa shape index (κ3) is 2.09. The van der Waals surface area contributed by atoms with Crippen LogP contribution in [0.3, 0.4) is 0 Å². The van der Waals surface area contributed by atoms with Gasteiger partial charge in [-0.05, 0) is 29.8 Å². The van der Waals surface area contributed by atoms with Gasteiger partial charge < -0.3 is 0 Å². The van der Waals surface area contributed by atoms with Gasteiger partial charge in [-0.2, -0.15) is 0 Å². The quantitative estimate of drug-likeness (QED) is 0.753. The Hall–Kier alpha value is -1.84. The van der Waals surface area contributed by atoms with Gasteiger partial charge in [-0.15, -0.1) is 0 Å². The second kappa shape index (κ2) is 4.93. The number of hydrogen-bond donors (Lipinski definition) is 0. The van der Waals surface area contributed by atoms with E-state index in [1.807, 2.05) is 6.07 Å². The highest BCUT2D eigenvalue weighted by Gasteiger charge is 2.32. The van der Waals surface area contributed by atoms with Crippen molar-refractivity contribution in [2.45, 2.75) is 6.42 Å². The number of nitrogens with zero attached hydrogens (tertiary/aromatic N) is 1. The van der Waals surface area contributed by atoms with Crippen molar-refractivity contribution in [3.05, 3.63) is 63.6 Å². The minimum absolute atomic E-state index is 0.181. The van der Waals surface area contributed by atoms with E-state index in [2.05, 4.69) is 0 Å². The van der Waals surface area contributed by atoms with E-state index >= 15 is 0 Å². The van der Waals surface area contributed by atoms with Crippen molar-refractivity contribution in [1.82, 2.24) is 0 Å². The van der Waals surface area contributed by atoms with Crippen LogP contribution in [0.1, 0.15) is 15.9 Å². The lowest BCUT2D eigenvalue weighted by molar-refractivity contribution is -0.117. The number of hydrogen-bond acceptors (Lipinski definition) is 2. The van der Waals surface area contributed by atoms with E-state index in [9.17, 15) is 9.59 Å². The van der Waals surface area contributed by atoms with Gasteiger partial charge in [-0.1, -0.05) is 41.4 Å². The SMILES string of the molecule is O=C1Cc2ccccc2C(=O)N1c1ccc(Cl)cc1Cl. The lowest BCUT2D eigenvalue weighted by Crippen LogP contribution is -2.42. The van der Waals surface area contributed by atoms with Crippen LogP contribution in [0.15, 0.2) is 42.5 Å². The zero-order valence-corrected chi connectivity index (χ0v) is 11.8. The van der Waals surface area contributed by atoms with Crippen LogP contribution in [-0.4, -0.2) is 11.8 Å². The number of rotatable bonds is 1. The molecular formula is C15H9Cl2NO2. The highest BCUT2D eigenvalue weighted by Crippen LogP contribution is 2.32. The Kier molecular flexibility index (Phi) is 3.24. The Morgan fingerprint density at radius 2 is 1.75 bits per heavy atom. The molecule has 0 unspecified atom stereocenters. The van der Waals surface area contributed by atoms with Gasteiger partial charge in [0.25, 0.3) is 5.91 Å². The summed E-state index contributed by atoms with van der Waals surface area (Å²) in [5, 5.41) is 0.731. The number of benzene rings is 2. The van der Waals surface area contributed by atoms with Crippen molar-refractivity contribution >= 4 is 40.7 Å². The molecule has 1 aliphatic rings. The minimum atomic E-state index is -0.360. The second-order valence-electron chi connectivity index (χ2n) is 4.46. The van der Waals surface area contributed by atoms with Gasteiger partial charge in [0, 0.05) is 10.6 Å². The maximum atomic E-state index is 12.5. The summed E-state index contributed by atoms with van der Waals surface area (Å²) in [6.07, 6.45) is 0.181. The number of anilines is 1. The molecule has 0 saturated heterocycles. The van der Waals surface area contributed by atoms with Crippen LogP contribution >= 0.6 is 23.2 Å². The summed E-state index contributed by atoms with van der Waals surface area (Å²) in [6.45, 7) is 0. The zero-order valence-electron chi connectivity index (χ0n) is 10.3. The van der Waals surface area contributed by atoms with E-state index in [4.69, 9.17) is 23.2 Å². The van der Waals surface area contributed by atoms with Crippen molar-refractivity contribution in [3.8, 4) is 0 Å². The highest BCUT2D eigenvalue weighted by molar-refractivity contribution is 6.38. The molecule has 20 heavy (non-hydrogen) atoms. The number of carbonyl (C=O) groups is 2. The van der Waals surface area contributed by atoms with Gasteiger partial charge in [0.05, 0.1) is 17.1 Å². The van der Waals surface area contributed by atoms with E-state index in [1.54, 1.807) is 30.3 Å². The number of imide groups is 1. The highest BCUT2D eigenvalue weighted by atomic mass is 35.5. The third-order valence-electron chi connectivity index (χ3n) is 3.19. The topological polar surface area (TPSA) is 37.4 Å². The third-order valence-corrected chi connectivity index (χ3v) is 3.73. The molecule has 0 aromatic heterocycles. The predicted octanol–water partition coefficient (Wildman–Crippen LogP) is 3.72. The molecule has 0 bridgehead atoms. The molecule has 2 aromatic carbocycles. The van der Waals surface area contributed by atoms with Gasteiger partial charge in [0.15, 0.2) is 0 Å². The van der Waals surface area contributed by atoms with E-state index < -0.39 is 0 Å². The fourth-order valence-corrected chi connectivity index (χ4v) is 2.76. The summed E-state index contributed by atoms with van der Waals surface area (Å²) in [5.41, 5.74) is 1.63. The van der Waals surface area contributed by atoms with Crippen molar-refractivity contribution in [3.63, 3.8) is 0 Å². The summed E-state index contributed by atoms with van der Waals surface area (Å²) < 4.78 is 0. The zero-order chi connectivity index (χ0) is 14.3. The summed E-state index contributed by atoms with van der Waals surface area (Å²) >= 11 is 11.9. The van der Waals surface area contributed by atoms with Crippen LogP contribution in [0.5, 0.6) is 0 Å². The minimum Gasteiger partial charge on any atom is -0.274 e. The number of halogens is 2. The summed E-state index contributed by atoms with van der Waals surface area (Å²) in [7, 11) is 0. The van der Waals surface area contributed by atoms with Gasteiger partial charge in [-0.3, -0.25) is 9.59 Å². The predicted molar refractivity (Wildman–Crippen MR) is 78.4 cm³/mol. The second-order valence-corrected chi connectivity index (χ2v) is 5.31. The Bertz CT molecular complexity index is 728. The van der Waals surface area contributed by atoms with E-state index in [-0.39, 0.29) is 23.3 Å². The molecule has 0 radical (unpaired) electrons. The average molecular weight is 306 g/mol. The molecule has 0 fully saturated rings. The molecule has 0 saturated carbocycles. The monoisotopic (exact) mass is 305 g/mol. The Balaban J connectivity index is 2.11. The number of fused-ring (bicyclic) bond motifs is 1. The molecule has 0 atom stereocenters. The van der Waals surface area contributed by atoms with E-state index in [0.29, 0.717) is 16.3 Å². The van der Waals surface area contributed by atoms with Crippen molar-refractivity contribution < 1.29 is 9.59 Å². The van der Waals surface area contributed by atoms with Crippen molar-refractivity contribution in [2.75, 3.05) is 4.90 Å². The molecule has 2 aromatic rings. The molecule has 5 heteroatoms. The van der Waals surface area contributed by atoms with Gasteiger partial charge in [-0.25, -0.2) is 4.90 Å². The molecular weight excluding hydrogens is 297 g/mol. The lowest BCUT2D eigenvalue weighted by Gasteiger charge is -2.27. The summed E-state index contributed by atoms with van der Waals surface area (Å²) in [6, 6.07) is 11.8. The van der Waals surface area contributed by atoms with Crippen LogP contribution in [0.2, 0.25) is 10.0 Å². The van der Waals surface area contributed by atoms with E-state index in [1.165, 1.54) is 6.07 Å². The van der Waals surface area contributed by atoms with Crippen LogP contribution in [-0.2, 0) is 11.2 Å². The van der Waals surface area contributed by atoms with Crippen molar-refractivity contribution in [1.29, 1.82) is 0 Å². The average Bonchev–Trinajstić information content (AvgIpc) is 2.41. The smallest absolute Gasteiger partial charge is 0.265 e. The number of amides is 2. The van der Waals surface area contributed by atoms with Crippen LogP contribution in [0, 0.1) is 0 Å². The van der Waals surface area contributed by atoms with Crippen LogP contribution in [0.4, 0.5) is 5.69 Å². The fourth-order valence-electron chi connectivity index (χ4n) is 2.27.